The average molecular weight is 211 g/mol. The van der Waals surface area contributed by atoms with E-state index < -0.39 is 22.9 Å². The Hall–Kier alpha value is -1.29. The number of hydrogen-bond acceptors (Lipinski definition) is 3. The number of rotatable bonds is 1. The molecule has 0 radical (unpaired) electrons. The van der Waals surface area contributed by atoms with Crippen LogP contribution in [-0.4, -0.2) is 10.2 Å². The zero-order chi connectivity index (χ0) is 11.2. The molecule has 1 aliphatic carbocycles. The number of aromatic hydroxyl groups is 2. The highest BCUT2D eigenvalue weighted by Gasteiger charge is 2.38. The fourth-order valence-electron chi connectivity index (χ4n) is 1.96. The first-order valence-electron chi connectivity index (χ1n) is 4.96. The molecule has 82 valence electrons. The standard InChI is InChI=1S/C11H14FNO2/c1-6-5-7(11(13)3-2-4-11)8(12)10(15)9(6)14/h5,14-15H,2-4,13H2,1H3. The van der Waals surface area contributed by atoms with Crippen molar-refractivity contribution in [1.29, 1.82) is 0 Å². The van der Waals surface area contributed by atoms with Crippen LogP contribution in [0.15, 0.2) is 6.07 Å². The van der Waals surface area contributed by atoms with E-state index in [-0.39, 0.29) is 0 Å². The van der Waals surface area contributed by atoms with Gasteiger partial charge in [-0.3, -0.25) is 0 Å². The van der Waals surface area contributed by atoms with Crippen LogP contribution >= 0.6 is 0 Å². The van der Waals surface area contributed by atoms with Crippen LogP contribution in [0.4, 0.5) is 4.39 Å². The molecule has 1 aliphatic rings. The molecule has 1 fully saturated rings. The van der Waals surface area contributed by atoms with E-state index in [0.717, 1.165) is 6.42 Å². The Labute approximate surface area is 87.3 Å². The highest BCUT2D eigenvalue weighted by molar-refractivity contribution is 5.50. The Morgan fingerprint density at radius 2 is 1.93 bits per heavy atom. The van der Waals surface area contributed by atoms with E-state index in [1.807, 2.05) is 0 Å². The van der Waals surface area contributed by atoms with Crippen LogP contribution < -0.4 is 5.73 Å². The zero-order valence-electron chi connectivity index (χ0n) is 8.55. The highest BCUT2D eigenvalue weighted by Crippen LogP contribution is 2.44. The van der Waals surface area contributed by atoms with Gasteiger partial charge in [0.2, 0.25) is 0 Å². The van der Waals surface area contributed by atoms with Crippen molar-refractivity contribution in [2.45, 2.75) is 31.7 Å². The minimum absolute atomic E-state index is 0.307. The van der Waals surface area contributed by atoms with E-state index in [0.29, 0.717) is 24.0 Å². The molecule has 0 atom stereocenters. The number of nitrogens with two attached hydrogens (primary N) is 1. The minimum Gasteiger partial charge on any atom is -0.504 e. The van der Waals surface area contributed by atoms with E-state index in [2.05, 4.69) is 0 Å². The first-order chi connectivity index (χ1) is 6.96. The summed E-state index contributed by atoms with van der Waals surface area (Å²) in [5.41, 5.74) is 6.07. The van der Waals surface area contributed by atoms with Crippen LogP contribution in [0.25, 0.3) is 0 Å². The molecule has 4 N–H and O–H groups in total. The predicted octanol–water partition coefficient (Wildman–Crippen LogP) is 1.88. The second-order valence-electron chi connectivity index (χ2n) is 4.26. The van der Waals surface area contributed by atoms with Gasteiger partial charge in [-0.2, -0.15) is 0 Å². The van der Waals surface area contributed by atoms with Crippen molar-refractivity contribution in [3.63, 3.8) is 0 Å². The lowest BCUT2D eigenvalue weighted by molar-refractivity contribution is 0.241. The van der Waals surface area contributed by atoms with E-state index in [4.69, 9.17) is 5.73 Å². The van der Waals surface area contributed by atoms with Gasteiger partial charge in [-0.05, 0) is 37.8 Å². The summed E-state index contributed by atoms with van der Waals surface area (Å²) in [7, 11) is 0. The van der Waals surface area contributed by atoms with Crippen LogP contribution in [-0.2, 0) is 5.54 Å². The number of halogens is 1. The van der Waals surface area contributed by atoms with Crippen molar-refractivity contribution in [1.82, 2.24) is 0 Å². The van der Waals surface area contributed by atoms with Gasteiger partial charge in [-0.15, -0.1) is 0 Å². The normalized spacial score (nSPS) is 18.6. The van der Waals surface area contributed by atoms with Gasteiger partial charge in [0.15, 0.2) is 17.3 Å². The molecule has 0 aromatic heterocycles. The van der Waals surface area contributed by atoms with Crippen LogP contribution in [0.3, 0.4) is 0 Å². The summed E-state index contributed by atoms with van der Waals surface area (Å²) in [6, 6.07) is 1.52. The Balaban J connectivity index is 2.58. The van der Waals surface area contributed by atoms with Gasteiger partial charge >= 0.3 is 0 Å². The lowest BCUT2D eigenvalue weighted by Crippen LogP contribution is -2.44. The zero-order valence-corrected chi connectivity index (χ0v) is 8.55. The fourth-order valence-corrected chi connectivity index (χ4v) is 1.96. The maximum atomic E-state index is 13.7. The SMILES string of the molecule is Cc1cc(C2(N)CCC2)c(F)c(O)c1O. The van der Waals surface area contributed by atoms with E-state index in [1.54, 1.807) is 6.92 Å². The van der Waals surface area contributed by atoms with Crippen molar-refractivity contribution in [2.24, 2.45) is 5.73 Å². The summed E-state index contributed by atoms with van der Waals surface area (Å²) in [4.78, 5) is 0. The molecule has 0 heterocycles. The first-order valence-corrected chi connectivity index (χ1v) is 4.96. The molecule has 1 aromatic rings. The summed E-state index contributed by atoms with van der Waals surface area (Å²) in [5, 5.41) is 18.7. The molecule has 4 heteroatoms. The third kappa shape index (κ3) is 1.36. The second kappa shape index (κ2) is 3.10. The largest absolute Gasteiger partial charge is 0.504 e. The molecule has 0 bridgehead atoms. The van der Waals surface area contributed by atoms with Crippen LogP contribution in [0, 0.1) is 12.7 Å². The molecular weight excluding hydrogens is 197 g/mol. The van der Waals surface area contributed by atoms with Crippen molar-refractivity contribution in [3.8, 4) is 11.5 Å². The van der Waals surface area contributed by atoms with Crippen LogP contribution in [0.1, 0.15) is 30.4 Å². The Kier molecular flexibility index (Phi) is 2.12. The Morgan fingerprint density at radius 3 is 2.40 bits per heavy atom. The summed E-state index contributed by atoms with van der Waals surface area (Å²) < 4.78 is 13.7. The number of aryl methyl sites for hydroxylation is 1. The molecule has 0 spiro atoms. The summed E-state index contributed by atoms with van der Waals surface area (Å²) >= 11 is 0. The van der Waals surface area contributed by atoms with Gasteiger partial charge in [0, 0.05) is 11.1 Å². The lowest BCUT2D eigenvalue weighted by atomic mass is 9.72. The van der Waals surface area contributed by atoms with Gasteiger partial charge in [0.1, 0.15) is 0 Å². The molecule has 0 amide bonds. The maximum Gasteiger partial charge on any atom is 0.194 e. The Morgan fingerprint density at radius 1 is 1.33 bits per heavy atom. The van der Waals surface area contributed by atoms with Gasteiger partial charge in [0.05, 0.1) is 0 Å². The molecule has 3 nitrogen and oxygen atoms in total. The van der Waals surface area contributed by atoms with Gasteiger partial charge < -0.3 is 15.9 Å². The number of benzene rings is 1. The third-order valence-corrected chi connectivity index (χ3v) is 3.19. The van der Waals surface area contributed by atoms with Crippen molar-refractivity contribution in [2.75, 3.05) is 0 Å². The minimum atomic E-state index is -0.791. The number of hydrogen-bond donors (Lipinski definition) is 3. The molecule has 15 heavy (non-hydrogen) atoms. The fraction of sp³-hybridized carbons (Fsp3) is 0.455. The lowest BCUT2D eigenvalue weighted by Gasteiger charge is -2.39. The number of phenols is 2. The van der Waals surface area contributed by atoms with Crippen molar-refractivity contribution >= 4 is 0 Å². The molecule has 2 rings (SSSR count). The van der Waals surface area contributed by atoms with Crippen molar-refractivity contribution in [3.05, 3.63) is 23.0 Å². The van der Waals surface area contributed by atoms with E-state index in [9.17, 15) is 14.6 Å². The molecular formula is C11H14FNO2. The van der Waals surface area contributed by atoms with Crippen LogP contribution in [0.5, 0.6) is 11.5 Å². The van der Waals surface area contributed by atoms with E-state index >= 15 is 0 Å². The topological polar surface area (TPSA) is 66.5 Å². The third-order valence-electron chi connectivity index (χ3n) is 3.19. The molecule has 0 unspecified atom stereocenters. The molecule has 1 aromatic carbocycles. The van der Waals surface area contributed by atoms with Gasteiger partial charge in [0.25, 0.3) is 0 Å². The first kappa shape index (κ1) is 10.2. The molecule has 0 saturated heterocycles. The monoisotopic (exact) mass is 211 g/mol. The second-order valence-corrected chi connectivity index (χ2v) is 4.26. The summed E-state index contributed by atoms with van der Waals surface area (Å²) in [6.07, 6.45) is 2.40. The van der Waals surface area contributed by atoms with Gasteiger partial charge in [-0.1, -0.05) is 0 Å². The Bertz CT molecular complexity index is 414. The smallest absolute Gasteiger partial charge is 0.194 e. The predicted molar refractivity (Wildman–Crippen MR) is 54.2 cm³/mol. The summed E-state index contributed by atoms with van der Waals surface area (Å²) in [5.74, 6) is -1.89. The maximum absolute atomic E-state index is 13.7. The van der Waals surface area contributed by atoms with E-state index in [1.165, 1.54) is 6.07 Å². The molecule has 1 saturated carbocycles. The van der Waals surface area contributed by atoms with Crippen LogP contribution in [0.2, 0.25) is 0 Å². The highest BCUT2D eigenvalue weighted by atomic mass is 19.1. The number of phenolic OH excluding ortho intramolecular Hbond substituents is 2. The summed E-state index contributed by atoms with van der Waals surface area (Å²) in [6.45, 7) is 1.61. The quantitative estimate of drug-likeness (QED) is 0.621. The average Bonchev–Trinajstić information content (AvgIpc) is 2.17. The van der Waals surface area contributed by atoms with Crippen molar-refractivity contribution < 1.29 is 14.6 Å². The van der Waals surface area contributed by atoms with Gasteiger partial charge in [-0.25, -0.2) is 4.39 Å². The molecule has 0 aliphatic heterocycles.